The molecule has 0 radical (unpaired) electrons. The van der Waals surface area contributed by atoms with E-state index in [9.17, 15) is 4.79 Å². The molecule has 1 aromatic carbocycles. The van der Waals surface area contributed by atoms with Crippen molar-refractivity contribution in [2.75, 3.05) is 7.11 Å². The van der Waals surface area contributed by atoms with Gasteiger partial charge in [-0.25, -0.2) is 0 Å². The van der Waals surface area contributed by atoms with Crippen LogP contribution < -0.4 is 10.3 Å². The summed E-state index contributed by atoms with van der Waals surface area (Å²) in [6, 6.07) is 7.61. The molecule has 2 aromatic rings. The molecule has 0 unspecified atom stereocenters. The molecule has 90 valence electrons. The fraction of sp³-hybridized carbons (Fsp3) is 0.182. The lowest BCUT2D eigenvalue weighted by Crippen LogP contribution is -1.96. The molecule has 1 N–H and O–H groups in total. The van der Waals surface area contributed by atoms with Crippen molar-refractivity contribution in [1.29, 1.82) is 0 Å². The number of halogens is 1. The van der Waals surface area contributed by atoms with Gasteiger partial charge in [-0.3, -0.25) is 4.79 Å². The van der Waals surface area contributed by atoms with E-state index in [2.05, 4.69) is 5.16 Å². The predicted octanol–water partition coefficient (Wildman–Crippen LogP) is 2.92. The first kappa shape index (κ1) is 12.1. The average Bonchev–Trinajstić information content (AvgIpc) is 2.68. The molecule has 0 aliphatic carbocycles. The fourth-order valence-corrected chi connectivity index (χ4v) is 2.29. The second-order valence-electron chi connectivity index (χ2n) is 3.23. The molecule has 0 spiro atoms. The van der Waals surface area contributed by atoms with Crippen LogP contribution in [0.2, 0.25) is 5.02 Å². The zero-order chi connectivity index (χ0) is 12.3. The number of hydrogen-bond donors (Lipinski definition) is 1. The summed E-state index contributed by atoms with van der Waals surface area (Å²) in [5, 5.41) is 2.31. The number of rotatable bonds is 4. The number of hydrogen-bond acceptors (Lipinski definition) is 4. The summed E-state index contributed by atoms with van der Waals surface area (Å²) < 4.78 is 10.0. The highest BCUT2D eigenvalue weighted by Crippen LogP contribution is 2.26. The van der Waals surface area contributed by atoms with Gasteiger partial charge in [0.15, 0.2) is 10.8 Å². The van der Waals surface area contributed by atoms with Gasteiger partial charge >= 0.3 is 0 Å². The molecule has 17 heavy (non-hydrogen) atoms. The molecule has 0 saturated carbocycles. The SMILES string of the molecule is COc1ccc(SCc2o[nH]c(=O)c2Cl)cc1. The summed E-state index contributed by atoms with van der Waals surface area (Å²) in [4.78, 5) is 12.1. The molecular weight excluding hydrogens is 262 g/mol. The number of ether oxygens (including phenoxy) is 1. The second kappa shape index (κ2) is 5.33. The van der Waals surface area contributed by atoms with Gasteiger partial charge in [0.25, 0.3) is 5.56 Å². The van der Waals surface area contributed by atoms with E-state index in [0.29, 0.717) is 11.5 Å². The fourth-order valence-electron chi connectivity index (χ4n) is 1.24. The highest BCUT2D eigenvalue weighted by atomic mass is 35.5. The van der Waals surface area contributed by atoms with E-state index in [-0.39, 0.29) is 5.02 Å². The van der Waals surface area contributed by atoms with Crippen molar-refractivity contribution in [1.82, 2.24) is 5.16 Å². The van der Waals surface area contributed by atoms with Crippen LogP contribution in [0.15, 0.2) is 38.5 Å². The van der Waals surface area contributed by atoms with E-state index in [4.69, 9.17) is 20.9 Å². The molecule has 1 heterocycles. The number of H-pyrrole nitrogens is 1. The lowest BCUT2D eigenvalue weighted by molar-refractivity contribution is 0.390. The van der Waals surface area contributed by atoms with Crippen LogP contribution in [-0.4, -0.2) is 12.3 Å². The molecule has 0 amide bonds. The minimum Gasteiger partial charge on any atom is -0.497 e. The van der Waals surface area contributed by atoms with E-state index in [1.54, 1.807) is 7.11 Å². The summed E-state index contributed by atoms with van der Waals surface area (Å²) in [6.07, 6.45) is 0. The Bertz CT molecular complexity index is 547. The Morgan fingerprint density at radius 1 is 1.41 bits per heavy atom. The number of aromatic nitrogens is 1. The van der Waals surface area contributed by atoms with Crippen LogP contribution in [0, 0.1) is 0 Å². The highest BCUT2D eigenvalue weighted by Gasteiger charge is 2.10. The summed E-state index contributed by atoms with van der Waals surface area (Å²) in [7, 11) is 1.62. The van der Waals surface area contributed by atoms with Crippen molar-refractivity contribution in [3.8, 4) is 5.75 Å². The van der Waals surface area contributed by atoms with Gasteiger partial charge in [-0.05, 0) is 24.3 Å². The molecule has 1 aromatic heterocycles. The van der Waals surface area contributed by atoms with Crippen LogP contribution in [0.3, 0.4) is 0 Å². The third-order valence-electron chi connectivity index (χ3n) is 2.14. The lowest BCUT2D eigenvalue weighted by Gasteiger charge is -2.01. The van der Waals surface area contributed by atoms with Crippen molar-refractivity contribution < 1.29 is 9.26 Å². The van der Waals surface area contributed by atoms with Gasteiger partial charge in [0.1, 0.15) is 5.75 Å². The Kier molecular flexibility index (Phi) is 3.81. The molecule has 0 atom stereocenters. The van der Waals surface area contributed by atoms with Gasteiger partial charge in [0.05, 0.1) is 12.9 Å². The molecule has 0 aliphatic rings. The maximum atomic E-state index is 11.0. The predicted molar refractivity (Wildman–Crippen MR) is 66.9 cm³/mol. The van der Waals surface area contributed by atoms with Gasteiger partial charge in [-0.15, -0.1) is 11.8 Å². The molecular formula is C11H10ClNO3S. The Morgan fingerprint density at radius 2 is 2.12 bits per heavy atom. The minimum absolute atomic E-state index is 0.117. The summed E-state index contributed by atoms with van der Waals surface area (Å²) >= 11 is 7.28. The first-order chi connectivity index (χ1) is 8.20. The second-order valence-corrected chi connectivity index (χ2v) is 4.66. The molecule has 6 heteroatoms. The van der Waals surface area contributed by atoms with E-state index in [1.165, 1.54) is 11.8 Å². The Labute approximate surface area is 107 Å². The molecule has 0 bridgehead atoms. The standard InChI is InChI=1S/C11H10ClNO3S/c1-15-7-2-4-8(5-3-7)17-6-9-10(12)11(14)13-16-9/h2-5H,6H2,1H3,(H,13,14). The van der Waals surface area contributed by atoms with Gasteiger partial charge in [-0.1, -0.05) is 11.6 Å². The molecule has 4 nitrogen and oxygen atoms in total. The van der Waals surface area contributed by atoms with Crippen LogP contribution >= 0.6 is 23.4 Å². The summed E-state index contributed by atoms with van der Waals surface area (Å²) in [5.41, 5.74) is -0.392. The van der Waals surface area contributed by atoms with Crippen LogP contribution in [0.4, 0.5) is 0 Å². The quantitative estimate of drug-likeness (QED) is 0.869. The average molecular weight is 272 g/mol. The van der Waals surface area contributed by atoms with Crippen LogP contribution in [0.5, 0.6) is 5.75 Å². The monoisotopic (exact) mass is 271 g/mol. The van der Waals surface area contributed by atoms with Gasteiger partial charge in [0, 0.05) is 4.90 Å². The third-order valence-corrected chi connectivity index (χ3v) is 3.53. The molecule has 0 aliphatic heterocycles. The van der Waals surface area contributed by atoms with E-state index in [0.717, 1.165) is 10.6 Å². The van der Waals surface area contributed by atoms with Gasteiger partial charge < -0.3 is 9.26 Å². The zero-order valence-electron chi connectivity index (χ0n) is 9.03. The maximum Gasteiger partial charge on any atom is 0.298 e. The van der Waals surface area contributed by atoms with Crippen molar-refractivity contribution >= 4 is 23.4 Å². The van der Waals surface area contributed by atoms with Crippen LogP contribution in [0.1, 0.15) is 5.76 Å². The highest BCUT2D eigenvalue weighted by molar-refractivity contribution is 7.98. The van der Waals surface area contributed by atoms with E-state index < -0.39 is 5.56 Å². The molecule has 0 fully saturated rings. The number of benzene rings is 1. The Balaban J connectivity index is 2.02. The Morgan fingerprint density at radius 3 is 2.65 bits per heavy atom. The first-order valence-corrected chi connectivity index (χ1v) is 6.20. The zero-order valence-corrected chi connectivity index (χ0v) is 10.6. The van der Waals surface area contributed by atoms with Crippen molar-refractivity contribution in [2.45, 2.75) is 10.6 Å². The van der Waals surface area contributed by atoms with Crippen molar-refractivity contribution in [3.63, 3.8) is 0 Å². The topological polar surface area (TPSA) is 55.2 Å². The largest absolute Gasteiger partial charge is 0.497 e. The number of thioether (sulfide) groups is 1. The minimum atomic E-state index is -0.392. The van der Waals surface area contributed by atoms with Crippen LogP contribution in [0.25, 0.3) is 0 Å². The van der Waals surface area contributed by atoms with Crippen LogP contribution in [-0.2, 0) is 5.75 Å². The van der Waals surface area contributed by atoms with E-state index >= 15 is 0 Å². The van der Waals surface area contributed by atoms with Crippen molar-refractivity contribution in [3.05, 3.63) is 45.4 Å². The Hall–Kier alpha value is -1.33. The normalized spacial score (nSPS) is 10.5. The smallest absolute Gasteiger partial charge is 0.298 e. The number of methoxy groups -OCH3 is 1. The summed E-state index contributed by atoms with van der Waals surface area (Å²) in [6.45, 7) is 0. The number of aromatic amines is 1. The number of nitrogens with one attached hydrogen (secondary N) is 1. The van der Waals surface area contributed by atoms with Gasteiger partial charge in [0.2, 0.25) is 0 Å². The summed E-state index contributed by atoms with van der Waals surface area (Å²) in [5.74, 6) is 1.77. The third kappa shape index (κ3) is 2.87. The molecule has 0 saturated heterocycles. The van der Waals surface area contributed by atoms with E-state index in [1.807, 2.05) is 24.3 Å². The lowest BCUT2D eigenvalue weighted by atomic mass is 10.3. The van der Waals surface area contributed by atoms with Crippen molar-refractivity contribution in [2.24, 2.45) is 0 Å². The first-order valence-electron chi connectivity index (χ1n) is 4.83. The maximum absolute atomic E-state index is 11.0. The van der Waals surface area contributed by atoms with Gasteiger partial charge in [-0.2, -0.15) is 5.16 Å². The molecule has 2 rings (SSSR count).